The molecule has 4 nitrogen and oxygen atoms in total. The van der Waals surface area contributed by atoms with E-state index in [4.69, 9.17) is 10.6 Å². The Morgan fingerprint density at radius 3 is 2.58 bits per heavy atom. The molecule has 0 aliphatic rings. The number of hydrogen-bond acceptors (Lipinski definition) is 3. The quantitative estimate of drug-likeness (QED) is 0.362. The van der Waals surface area contributed by atoms with Crippen LogP contribution in [0.5, 0.6) is 5.75 Å². The predicted molar refractivity (Wildman–Crippen MR) is 63.1 cm³/mol. The Balaban J connectivity index is 2.44. The zero-order chi connectivity index (χ0) is 14.3. The molecule has 0 bridgehead atoms. The van der Waals surface area contributed by atoms with Crippen LogP contribution in [0, 0.1) is 0 Å². The summed E-state index contributed by atoms with van der Waals surface area (Å²) in [5.74, 6) is 4.38. The van der Waals surface area contributed by atoms with Crippen molar-refractivity contribution in [1.29, 1.82) is 0 Å². The molecule has 0 aliphatic carbocycles. The average Bonchev–Trinajstić information content (AvgIpc) is 2.37. The number of carbonyl (C=O) groups excluding carboxylic acids is 1. The number of hydrogen-bond donors (Lipinski definition) is 2. The van der Waals surface area contributed by atoms with Crippen LogP contribution >= 0.6 is 0 Å². The van der Waals surface area contributed by atoms with Gasteiger partial charge in [0, 0.05) is 6.42 Å². The van der Waals surface area contributed by atoms with Gasteiger partial charge in [0.05, 0.1) is 12.2 Å². The lowest BCUT2D eigenvalue weighted by Crippen LogP contribution is -2.29. The molecule has 0 aliphatic heterocycles. The van der Waals surface area contributed by atoms with Gasteiger partial charge in [-0.25, -0.2) is 5.84 Å². The predicted octanol–water partition coefficient (Wildman–Crippen LogP) is 2.24. The highest BCUT2D eigenvalue weighted by molar-refractivity contribution is 5.75. The van der Waals surface area contributed by atoms with Crippen LogP contribution in [0.25, 0.3) is 0 Å². The number of benzene rings is 1. The van der Waals surface area contributed by atoms with Gasteiger partial charge in [0.25, 0.3) is 0 Å². The molecular weight excluding hydrogens is 261 g/mol. The number of para-hydroxylation sites is 1. The van der Waals surface area contributed by atoms with E-state index >= 15 is 0 Å². The Kier molecular flexibility index (Phi) is 5.62. The first-order chi connectivity index (χ1) is 8.95. The van der Waals surface area contributed by atoms with E-state index in [1.807, 2.05) is 5.43 Å². The number of hydrazine groups is 1. The Hall–Kier alpha value is -1.76. The number of halogens is 3. The summed E-state index contributed by atoms with van der Waals surface area (Å²) < 4.78 is 43.0. The SMILES string of the molecule is NNC(=O)CCCCOc1ccccc1C(F)(F)F. The first kappa shape index (κ1) is 15.3. The molecule has 1 aromatic rings. The van der Waals surface area contributed by atoms with Gasteiger partial charge in [0.1, 0.15) is 5.75 Å². The fourth-order valence-electron chi connectivity index (χ4n) is 1.47. The van der Waals surface area contributed by atoms with Crippen molar-refractivity contribution in [2.75, 3.05) is 6.61 Å². The van der Waals surface area contributed by atoms with Gasteiger partial charge in [-0.1, -0.05) is 12.1 Å². The van der Waals surface area contributed by atoms with Crippen LogP contribution in [0.3, 0.4) is 0 Å². The lowest BCUT2D eigenvalue weighted by Gasteiger charge is -2.13. The smallest absolute Gasteiger partial charge is 0.419 e. The van der Waals surface area contributed by atoms with Gasteiger partial charge in [-0.3, -0.25) is 10.2 Å². The molecule has 0 heterocycles. The van der Waals surface area contributed by atoms with Crippen molar-refractivity contribution in [3.05, 3.63) is 29.8 Å². The third-order valence-corrected chi connectivity index (χ3v) is 2.41. The fraction of sp³-hybridized carbons (Fsp3) is 0.417. The molecule has 1 rings (SSSR count). The molecule has 3 N–H and O–H groups in total. The number of alkyl halides is 3. The minimum atomic E-state index is -4.43. The second kappa shape index (κ2) is 6.98. The Morgan fingerprint density at radius 1 is 1.26 bits per heavy atom. The summed E-state index contributed by atoms with van der Waals surface area (Å²) in [4.78, 5) is 10.8. The zero-order valence-corrected chi connectivity index (χ0v) is 10.2. The molecule has 0 unspecified atom stereocenters. The van der Waals surface area contributed by atoms with Crippen LogP contribution in [0.1, 0.15) is 24.8 Å². The van der Waals surface area contributed by atoms with Gasteiger partial charge in [-0.2, -0.15) is 13.2 Å². The number of nitrogens with one attached hydrogen (secondary N) is 1. The molecule has 1 amide bonds. The first-order valence-electron chi connectivity index (χ1n) is 5.73. The maximum Gasteiger partial charge on any atom is 0.419 e. The number of ether oxygens (including phenoxy) is 1. The summed E-state index contributed by atoms with van der Waals surface area (Å²) >= 11 is 0. The van der Waals surface area contributed by atoms with Crippen molar-refractivity contribution in [3.8, 4) is 5.75 Å². The van der Waals surface area contributed by atoms with Crippen molar-refractivity contribution in [3.63, 3.8) is 0 Å². The molecule has 0 aromatic heterocycles. The largest absolute Gasteiger partial charge is 0.493 e. The number of rotatable bonds is 6. The van der Waals surface area contributed by atoms with Crippen LogP contribution in [0.15, 0.2) is 24.3 Å². The molecule has 7 heteroatoms. The van der Waals surface area contributed by atoms with Crippen molar-refractivity contribution < 1.29 is 22.7 Å². The summed E-state index contributed by atoms with van der Waals surface area (Å²) in [6.45, 7) is 0.116. The third-order valence-electron chi connectivity index (χ3n) is 2.41. The standard InChI is InChI=1S/C12H15F3N2O2/c13-12(14,15)9-5-1-2-6-10(9)19-8-4-3-7-11(18)17-16/h1-2,5-6H,3-4,7-8,16H2,(H,17,18). The molecule has 0 saturated carbocycles. The number of unbranched alkanes of at least 4 members (excludes halogenated alkanes) is 1. The van der Waals surface area contributed by atoms with Gasteiger partial charge in [-0.15, -0.1) is 0 Å². The number of amides is 1. The molecule has 0 saturated heterocycles. The van der Waals surface area contributed by atoms with Crippen LogP contribution in [-0.4, -0.2) is 12.5 Å². The highest BCUT2D eigenvalue weighted by Gasteiger charge is 2.33. The molecular formula is C12H15F3N2O2. The van der Waals surface area contributed by atoms with Gasteiger partial charge >= 0.3 is 6.18 Å². The van der Waals surface area contributed by atoms with E-state index < -0.39 is 11.7 Å². The lowest BCUT2D eigenvalue weighted by atomic mass is 10.2. The third kappa shape index (κ3) is 5.17. The zero-order valence-electron chi connectivity index (χ0n) is 10.2. The van der Waals surface area contributed by atoms with Gasteiger partial charge in [-0.05, 0) is 25.0 Å². The Morgan fingerprint density at radius 2 is 1.95 bits per heavy atom. The minimum absolute atomic E-state index is 0.116. The molecule has 1 aromatic carbocycles. The molecule has 19 heavy (non-hydrogen) atoms. The van der Waals surface area contributed by atoms with Crippen molar-refractivity contribution in [1.82, 2.24) is 5.43 Å². The van der Waals surface area contributed by atoms with E-state index in [2.05, 4.69) is 0 Å². The normalized spacial score (nSPS) is 11.2. The maximum absolute atomic E-state index is 12.6. The molecule has 0 radical (unpaired) electrons. The lowest BCUT2D eigenvalue weighted by molar-refractivity contribution is -0.139. The minimum Gasteiger partial charge on any atom is -0.493 e. The van der Waals surface area contributed by atoms with Crippen molar-refractivity contribution in [2.45, 2.75) is 25.4 Å². The maximum atomic E-state index is 12.6. The summed E-state index contributed by atoms with van der Waals surface area (Å²) in [7, 11) is 0. The van der Waals surface area contributed by atoms with Crippen molar-refractivity contribution in [2.24, 2.45) is 5.84 Å². The van der Waals surface area contributed by atoms with Gasteiger partial charge in [0.15, 0.2) is 0 Å². The summed E-state index contributed by atoms with van der Waals surface area (Å²) in [6.07, 6.45) is -3.24. The highest BCUT2D eigenvalue weighted by atomic mass is 19.4. The van der Waals surface area contributed by atoms with Gasteiger partial charge in [0.2, 0.25) is 5.91 Å². The first-order valence-corrected chi connectivity index (χ1v) is 5.73. The van der Waals surface area contributed by atoms with E-state index in [0.29, 0.717) is 12.8 Å². The Bertz CT molecular complexity index is 422. The van der Waals surface area contributed by atoms with Crippen molar-refractivity contribution >= 4 is 5.91 Å². The van der Waals surface area contributed by atoms with E-state index in [1.165, 1.54) is 18.2 Å². The molecule has 0 spiro atoms. The van der Waals surface area contributed by atoms with Crippen LogP contribution in [-0.2, 0) is 11.0 Å². The fourth-order valence-corrected chi connectivity index (χ4v) is 1.47. The topological polar surface area (TPSA) is 64.3 Å². The average molecular weight is 276 g/mol. The van der Waals surface area contributed by atoms with E-state index in [9.17, 15) is 18.0 Å². The molecule has 106 valence electrons. The highest BCUT2D eigenvalue weighted by Crippen LogP contribution is 2.35. The summed E-state index contributed by atoms with van der Waals surface area (Å²) in [5, 5.41) is 0. The number of carbonyl (C=O) groups is 1. The Labute approximate surface area is 108 Å². The van der Waals surface area contributed by atoms with E-state index in [0.717, 1.165) is 6.07 Å². The summed E-state index contributed by atoms with van der Waals surface area (Å²) in [6, 6.07) is 5.03. The second-order valence-electron chi connectivity index (χ2n) is 3.87. The van der Waals surface area contributed by atoms with E-state index in [1.54, 1.807) is 0 Å². The summed E-state index contributed by atoms with van der Waals surface area (Å²) in [5.41, 5.74) is 1.18. The van der Waals surface area contributed by atoms with Crippen LogP contribution in [0.4, 0.5) is 13.2 Å². The molecule has 0 atom stereocenters. The van der Waals surface area contributed by atoms with Crippen LogP contribution in [0.2, 0.25) is 0 Å². The van der Waals surface area contributed by atoms with E-state index in [-0.39, 0.29) is 24.7 Å². The molecule has 0 fully saturated rings. The second-order valence-corrected chi connectivity index (χ2v) is 3.87. The van der Waals surface area contributed by atoms with Gasteiger partial charge < -0.3 is 4.74 Å². The monoisotopic (exact) mass is 276 g/mol. The van der Waals surface area contributed by atoms with Crippen LogP contribution < -0.4 is 16.0 Å². The number of nitrogens with two attached hydrogens (primary N) is 1.